The number of hydrogen-bond acceptors (Lipinski definition) is 7. The van der Waals surface area contributed by atoms with Gasteiger partial charge < -0.3 is 24.8 Å². The second kappa shape index (κ2) is 11.6. The molecule has 184 valence electrons. The lowest BCUT2D eigenvalue weighted by Crippen LogP contribution is -2.45. The average Bonchev–Trinajstić information content (AvgIpc) is 2.83. The Labute approximate surface area is 211 Å². The maximum absolute atomic E-state index is 12.3. The van der Waals surface area contributed by atoms with Gasteiger partial charge in [-0.2, -0.15) is 5.10 Å². The second-order valence-corrected chi connectivity index (χ2v) is 8.00. The van der Waals surface area contributed by atoms with Crippen molar-refractivity contribution in [3.8, 4) is 11.5 Å². The van der Waals surface area contributed by atoms with Gasteiger partial charge in [-0.15, -0.1) is 0 Å². The Morgan fingerprint density at radius 3 is 2.51 bits per heavy atom. The fraction of sp³-hybridized carbons (Fsp3) is 0.217. The molecule has 3 amide bonds. The fourth-order valence-electron chi connectivity index (χ4n) is 3.29. The van der Waals surface area contributed by atoms with Crippen LogP contribution in [-0.4, -0.2) is 44.9 Å². The summed E-state index contributed by atoms with van der Waals surface area (Å²) in [6, 6.07) is 8.55. The van der Waals surface area contributed by atoms with Gasteiger partial charge in [0.05, 0.1) is 42.1 Å². The van der Waals surface area contributed by atoms with Crippen LogP contribution in [0.15, 0.2) is 52.8 Å². The number of ether oxygens (including phenoxy) is 3. The van der Waals surface area contributed by atoms with E-state index in [2.05, 4.69) is 21.2 Å². The van der Waals surface area contributed by atoms with Crippen molar-refractivity contribution in [2.45, 2.75) is 13.0 Å². The molecule has 2 aromatic carbocycles. The Bertz CT molecular complexity index is 1190. The molecule has 12 heteroatoms. The van der Waals surface area contributed by atoms with Crippen LogP contribution in [0.5, 0.6) is 11.5 Å². The first kappa shape index (κ1) is 25.9. The minimum atomic E-state index is -0.770. The maximum atomic E-state index is 12.3. The Morgan fingerprint density at radius 2 is 1.86 bits per heavy atom. The molecule has 0 bridgehead atoms. The summed E-state index contributed by atoms with van der Waals surface area (Å²) in [5.74, 6) is -0.566. The maximum Gasteiger partial charge on any atom is 0.337 e. The molecule has 35 heavy (non-hydrogen) atoms. The van der Waals surface area contributed by atoms with Gasteiger partial charge in [0.25, 0.3) is 5.91 Å². The summed E-state index contributed by atoms with van der Waals surface area (Å²) in [6.45, 7) is 1.24. The lowest BCUT2D eigenvalue weighted by molar-refractivity contribution is -0.136. The van der Waals surface area contributed by atoms with Crippen molar-refractivity contribution in [3.63, 3.8) is 0 Å². The molecule has 1 aliphatic rings. The predicted molar refractivity (Wildman–Crippen MR) is 130 cm³/mol. The molecule has 1 atom stereocenters. The summed E-state index contributed by atoms with van der Waals surface area (Å²) in [6.07, 6.45) is 1.33. The van der Waals surface area contributed by atoms with Crippen LogP contribution >= 0.6 is 23.2 Å². The highest BCUT2D eigenvalue weighted by molar-refractivity contribution is 6.38. The highest BCUT2D eigenvalue weighted by Crippen LogP contribution is 2.34. The van der Waals surface area contributed by atoms with Crippen LogP contribution < -0.4 is 25.5 Å². The molecule has 1 aliphatic heterocycles. The van der Waals surface area contributed by atoms with E-state index in [1.165, 1.54) is 20.4 Å². The van der Waals surface area contributed by atoms with E-state index < -0.39 is 23.9 Å². The summed E-state index contributed by atoms with van der Waals surface area (Å²) < 4.78 is 15.8. The summed E-state index contributed by atoms with van der Waals surface area (Å²) in [7, 11) is 2.68. The van der Waals surface area contributed by atoms with Gasteiger partial charge >= 0.3 is 12.0 Å². The van der Waals surface area contributed by atoms with Crippen molar-refractivity contribution in [1.29, 1.82) is 0 Å². The van der Waals surface area contributed by atoms with E-state index in [0.717, 1.165) is 0 Å². The van der Waals surface area contributed by atoms with Crippen LogP contribution in [-0.2, 0) is 14.3 Å². The minimum Gasteiger partial charge on any atom is -0.493 e. The zero-order valence-corrected chi connectivity index (χ0v) is 20.5. The van der Waals surface area contributed by atoms with Crippen molar-refractivity contribution in [2.75, 3.05) is 20.8 Å². The number of methoxy groups -OCH3 is 2. The van der Waals surface area contributed by atoms with Gasteiger partial charge in [-0.25, -0.2) is 15.0 Å². The number of rotatable bonds is 8. The lowest BCUT2D eigenvalue weighted by atomic mass is 9.95. The zero-order valence-electron chi connectivity index (χ0n) is 19.0. The van der Waals surface area contributed by atoms with Gasteiger partial charge in [0.15, 0.2) is 18.1 Å². The predicted octanol–water partition coefficient (Wildman–Crippen LogP) is 3.33. The van der Waals surface area contributed by atoms with Gasteiger partial charge in [-0.3, -0.25) is 4.79 Å². The van der Waals surface area contributed by atoms with Gasteiger partial charge in [0.1, 0.15) is 0 Å². The van der Waals surface area contributed by atoms with Crippen LogP contribution in [0.25, 0.3) is 0 Å². The molecule has 0 saturated heterocycles. The number of halogens is 2. The highest BCUT2D eigenvalue weighted by Gasteiger charge is 2.32. The number of carbonyl (C=O) groups is 3. The molecule has 10 nitrogen and oxygen atoms in total. The molecule has 0 radical (unpaired) electrons. The van der Waals surface area contributed by atoms with Crippen molar-refractivity contribution >= 4 is 47.3 Å². The van der Waals surface area contributed by atoms with E-state index in [4.69, 9.17) is 37.4 Å². The Morgan fingerprint density at radius 1 is 1.14 bits per heavy atom. The Kier molecular flexibility index (Phi) is 8.56. The van der Waals surface area contributed by atoms with Gasteiger partial charge in [0.2, 0.25) is 0 Å². The molecule has 0 fully saturated rings. The van der Waals surface area contributed by atoms with Crippen molar-refractivity contribution in [2.24, 2.45) is 5.10 Å². The monoisotopic (exact) mass is 520 g/mol. The number of esters is 1. The number of benzene rings is 2. The molecule has 3 rings (SSSR count). The number of carbonyl (C=O) groups excluding carboxylic acids is 3. The number of hydrazone groups is 1. The third-order valence-electron chi connectivity index (χ3n) is 4.94. The molecule has 0 aliphatic carbocycles. The van der Waals surface area contributed by atoms with Crippen LogP contribution in [0.1, 0.15) is 24.1 Å². The number of nitrogens with one attached hydrogen (secondary N) is 3. The summed E-state index contributed by atoms with van der Waals surface area (Å²) in [4.78, 5) is 36.4. The third-order valence-corrected chi connectivity index (χ3v) is 5.60. The number of allylic oxidation sites excluding steroid dienone is 1. The molecular formula is C23H22Cl2N4O6. The topological polar surface area (TPSA) is 127 Å². The Hall–Kier alpha value is -3.76. The average molecular weight is 521 g/mol. The molecule has 2 aromatic rings. The molecule has 0 saturated carbocycles. The summed E-state index contributed by atoms with van der Waals surface area (Å²) >= 11 is 12.1. The van der Waals surface area contributed by atoms with Crippen molar-refractivity contribution < 1.29 is 28.6 Å². The molecule has 3 N–H and O–H groups in total. The van der Waals surface area contributed by atoms with E-state index in [1.54, 1.807) is 43.3 Å². The molecule has 1 unspecified atom stereocenters. The van der Waals surface area contributed by atoms with Crippen molar-refractivity contribution in [3.05, 3.63) is 68.8 Å². The first-order valence-corrected chi connectivity index (χ1v) is 10.9. The van der Waals surface area contributed by atoms with Crippen LogP contribution in [0.4, 0.5) is 4.79 Å². The third kappa shape index (κ3) is 6.23. The fourth-order valence-corrected chi connectivity index (χ4v) is 3.78. The van der Waals surface area contributed by atoms with E-state index in [9.17, 15) is 14.4 Å². The number of hydrogen-bond donors (Lipinski definition) is 3. The van der Waals surface area contributed by atoms with E-state index >= 15 is 0 Å². The lowest BCUT2D eigenvalue weighted by Gasteiger charge is -2.28. The number of nitrogens with zero attached hydrogens (tertiary/aromatic N) is 1. The van der Waals surface area contributed by atoms with Gasteiger partial charge in [0, 0.05) is 11.3 Å². The molecule has 1 heterocycles. The first-order valence-electron chi connectivity index (χ1n) is 10.2. The quantitative estimate of drug-likeness (QED) is 0.278. The van der Waals surface area contributed by atoms with E-state index in [-0.39, 0.29) is 23.7 Å². The summed E-state index contributed by atoms with van der Waals surface area (Å²) in [5, 5.41) is 9.86. The first-order chi connectivity index (χ1) is 16.7. The number of amides is 3. The van der Waals surface area contributed by atoms with Crippen molar-refractivity contribution in [1.82, 2.24) is 16.1 Å². The molecule has 0 spiro atoms. The SMILES string of the molecule is COC(=O)C1=C(C)NC(=O)NC1c1ccc(OCC(=O)N/N=C/c2c(Cl)cccc2Cl)c(OC)c1. The smallest absolute Gasteiger partial charge is 0.337 e. The molecular weight excluding hydrogens is 499 g/mol. The Balaban J connectivity index is 1.70. The standard InChI is InChI=1S/C23H22Cl2N4O6/c1-12-20(22(31)34-3)21(28-23(32)27-12)13-7-8-17(18(9-13)33-2)35-11-19(30)29-26-10-14-15(24)5-4-6-16(14)25/h4-10,21H,11H2,1-3H3,(H,29,30)(H2,27,28,32)/b26-10+. The van der Waals surface area contributed by atoms with Crippen LogP contribution in [0.2, 0.25) is 10.0 Å². The number of urea groups is 1. The van der Waals surface area contributed by atoms with E-state index in [1.807, 2.05) is 0 Å². The normalized spacial score (nSPS) is 15.3. The summed E-state index contributed by atoms with van der Waals surface area (Å²) in [5.41, 5.74) is 3.97. The van der Waals surface area contributed by atoms with E-state index in [0.29, 0.717) is 26.9 Å². The van der Waals surface area contributed by atoms with Crippen LogP contribution in [0.3, 0.4) is 0 Å². The zero-order chi connectivity index (χ0) is 25.5. The molecule has 0 aromatic heterocycles. The minimum absolute atomic E-state index is 0.249. The van der Waals surface area contributed by atoms with Gasteiger partial charge in [-0.1, -0.05) is 35.3 Å². The second-order valence-electron chi connectivity index (χ2n) is 7.19. The highest BCUT2D eigenvalue weighted by atomic mass is 35.5. The largest absolute Gasteiger partial charge is 0.493 e. The van der Waals surface area contributed by atoms with Crippen LogP contribution in [0, 0.1) is 0 Å². The van der Waals surface area contributed by atoms with Gasteiger partial charge in [-0.05, 0) is 36.8 Å².